The van der Waals surface area contributed by atoms with Gasteiger partial charge in [-0.05, 0) is 11.4 Å². The van der Waals surface area contributed by atoms with Crippen molar-refractivity contribution in [1.29, 1.82) is 0 Å². The van der Waals surface area contributed by atoms with Crippen LogP contribution in [0.5, 0.6) is 0 Å². The van der Waals surface area contributed by atoms with Gasteiger partial charge in [0.05, 0.1) is 10.2 Å². The normalized spacial score (nSPS) is 11.9. The van der Waals surface area contributed by atoms with Crippen LogP contribution in [0.25, 0.3) is 0 Å². The third-order valence-electron chi connectivity index (χ3n) is 1.05. The van der Waals surface area contributed by atoms with E-state index in [9.17, 15) is 0 Å². The largest absolute Gasteiger partial charge is 0.411 e. The van der Waals surface area contributed by atoms with Crippen LogP contribution in [-0.4, -0.2) is 16.2 Å². The van der Waals surface area contributed by atoms with E-state index in [4.69, 9.17) is 5.21 Å². The molecule has 2 nitrogen and oxygen atoms in total. The summed E-state index contributed by atoms with van der Waals surface area (Å²) >= 11 is 4.77. The molecule has 0 bridgehead atoms. The number of nitrogens with zero attached hydrogens (tertiary/aromatic N) is 1. The molecule has 0 unspecified atom stereocenters. The van der Waals surface area contributed by atoms with Gasteiger partial charge in [0, 0.05) is 0 Å². The summed E-state index contributed by atoms with van der Waals surface area (Å²) in [5, 5.41) is 14.1. The third-order valence-corrected chi connectivity index (χ3v) is 2.50. The predicted octanol–water partition coefficient (Wildman–Crippen LogP) is 2.32. The van der Waals surface area contributed by atoms with Crippen LogP contribution in [0.1, 0.15) is 4.88 Å². The Morgan fingerprint density at radius 3 is 3.00 bits per heavy atom. The van der Waals surface area contributed by atoms with E-state index in [1.807, 2.05) is 17.5 Å². The molecule has 0 atom stereocenters. The molecule has 0 aliphatic heterocycles. The summed E-state index contributed by atoms with van der Waals surface area (Å²) in [7, 11) is 0. The molecule has 0 saturated carbocycles. The van der Waals surface area contributed by atoms with Gasteiger partial charge in [-0.25, -0.2) is 0 Å². The molecule has 0 aliphatic rings. The molecule has 54 valence electrons. The lowest BCUT2D eigenvalue weighted by Gasteiger charge is -1.92. The summed E-state index contributed by atoms with van der Waals surface area (Å²) in [5.74, 6) is 0. The van der Waals surface area contributed by atoms with Crippen LogP contribution in [0.4, 0.5) is 0 Å². The Hall–Kier alpha value is -0.350. The lowest BCUT2D eigenvalue weighted by atomic mass is 10.3. The average molecular weight is 220 g/mol. The van der Waals surface area contributed by atoms with Crippen LogP contribution < -0.4 is 0 Å². The average Bonchev–Trinajstić information content (AvgIpc) is 2.43. The number of hydrogen-bond donors (Lipinski definition) is 1. The fourth-order valence-corrected chi connectivity index (χ4v) is 1.89. The van der Waals surface area contributed by atoms with E-state index in [-0.39, 0.29) is 0 Å². The van der Waals surface area contributed by atoms with Crippen molar-refractivity contribution in [1.82, 2.24) is 0 Å². The first kappa shape index (κ1) is 7.75. The van der Waals surface area contributed by atoms with Gasteiger partial charge in [-0.2, -0.15) is 0 Å². The fraction of sp³-hybridized carbons (Fsp3) is 0.167. The first-order valence-electron chi connectivity index (χ1n) is 2.69. The molecule has 4 heteroatoms. The molecular formula is C6H6BrNOS. The highest BCUT2D eigenvalue weighted by Gasteiger charge is 2.01. The molecule has 1 N–H and O–H groups in total. The fourth-order valence-electron chi connectivity index (χ4n) is 0.585. The number of hydrogen-bond acceptors (Lipinski definition) is 3. The van der Waals surface area contributed by atoms with E-state index in [0.29, 0.717) is 11.0 Å². The molecule has 1 heterocycles. The second-order valence-corrected chi connectivity index (χ2v) is 3.17. The lowest BCUT2D eigenvalue weighted by Crippen LogP contribution is -1.98. The topological polar surface area (TPSA) is 32.6 Å². The summed E-state index contributed by atoms with van der Waals surface area (Å²) in [6.07, 6.45) is 0. The summed E-state index contributed by atoms with van der Waals surface area (Å²) in [6, 6.07) is 3.84. The predicted molar refractivity (Wildman–Crippen MR) is 46.4 cm³/mol. The van der Waals surface area contributed by atoms with E-state index in [1.165, 1.54) is 0 Å². The number of thiophene rings is 1. The van der Waals surface area contributed by atoms with Crippen LogP contribution in [-0.2, 0) is 0 Å². The van der Waals surface area contributed by atoms with Crippen molar-refractivity contribution in [3.8, 4) is 0 Å². The van der Waals surface area contributed by atoms with E-state index in [0.717, 1.165) is 4.88 Å². The first-order chi connectivity index (χ1) is 4.88. The zero-order valence-electron chi connectivity index (χ0n) is 5.12. The van der Waals surface area contributed by atoms with Gasteiger partial charge in [0.15, 0.2) is 0 Å². The summed E-state index contributed by atoms with van der Waals surface area (Å²) in [5.41, 5.74) is 0.676. The summed E-state index contributed by atoms with van der Waals surface area (Å²) in [6.45, 7) is 0. The van der Waals surface area contributed by atoms with Gasteiger partial charge in [0.2, 0.25) is 0 Å². The molecular weight excluding hydrogens is 214 g/mol. The number of alkyl halides is 1. The Balaban J connectivity index is 2.85. The van der Waals surface area contributed by atoms with Gasteiger partial charge in [0.25, 0.3) is 0 Å². The molecule has 0 saturated heterocycles. The molecule has 1 aromatic rings. The van der Waals surface area contributed by atoms with Crippen molar-refractivity contribution in [2.75, 3.05) is 5.33 Å². The van der Waals surface area contributed by atoms with Crippen molar-refractivity contribution in [2.45, 2.75) is 0 Å². The second kappa shape index (κ2) is 3.73. The SMILES string of the molecule is O/N=C(/CBr)c1cccs1. The Morgan fingerprint density at radius 2 is 2.60 bits per heavy atom. The highest BCUT2D eigenvalue weighted by Crippen LogP contribution is 2.10. The van der Waals surface area contributed by atoms with Crippen LogP contribution in [0.15, 0.2) is 22.7 Å². The quantitative estimate of drug-likeness (QED) is 0.352. The maximum Gasteiger partial charge on any atom is 0.107 e. The Morgan fingerprint density at radius 1 is 1.80 bits per heavy atom. The van der Waals surface area contributed by atoms with Crippen molar-refractivity contribution in [2.24, 2.45) is 5.16 Å². The van der Waals surface area contributed by atoms with E-state index in [2.05, 4.69) is 21.1 Å². The van der Waals surface area contributed by atoms with Crippen LogP contribution >= 0.6 is 27.3 Å². The van der Waals surface area contributed by atoms with Gasteiger partial charge in [-0.15, -0.1) is 11.3 Å². The Labute approximate surface area is 71.3 Å². The third kappa shape index (κ3) is 1.58. The molecule has 1 aromatic heterocycles. The van der Waals surface area contributed by atoms with Crippen molar-refractivity contribution in [3.05, 3.63) is 22.4 Å². The van der Waals surface area contributed by atoms with Gasteiger partial charge >= 0.3 is 0 Å². The molecule has 0 amide bonds. The highest BCUT2D eigenvalue weighted by atomic mass is 79.9. The summed E-state index contributed by atoms with van der Waals surface area (Å²) < 4.78 is 0. The molecule has 0 spiro atoms. The maximum absolute atomic E-state index is 8.46. The lowest BCUT2D eigenvalue weighted by molar-refractivity contribution is 0.319. The van der Waals surface area contributed by atoms with Crippen molar-refractivity contribution < 1.29 is 5.21 Å². The van der Waals surface area contributed by atoms with E-state index in [1.54, 1.807) is 11.3 Å². The smallest absolute Gasteiger partial charge is 0.107 e. The molecule has 10 heavy (non-hydrogen) atoms. The van der Waals surface area contributed by atoms with Gasteiger partial charge in [-0.1, -0.05) is 27.2 Å². The molecule has 0 radical (unpaired) electrons. The Kier molecular flexibility index (Phi) is 2.89. The standard InChI is InChI=1S/C6H6BrNOS/c7-4-5(8-9)6-2-1-3-10-6/h1-3,9H,4H2/b8-5-. The van der Waals surface area contributed by atoms with Crippen molar-refractivity contribution in [3.63, 3.8) is 0 Å². The second-order valence-electron chi connectivity index (χ2n) is 1.66. The van der Waals surface area contributed by atoms with Gasteiger partial charge < -0.3 is 5.21 Å². The molecule has 0 aliphatic carbocycles. The first-order valence-corrected chi connectivity index (χ1v) is 4.69. The molecule has 0 fully saturated rings. The van der Waals surface area contributed by atoms with Crippen LogP contribution in [0.2, 0.25) is 0 Å². The van der Waals surface area contributed by atoms with Crippen molar-refractivity contribution >= 4 is 33.0 Å². The maximum atomic E-state index is 8.46. The van der Waals surface area contributed by atoms with E-state index >= 15 is 0 Å². The number of oxime groups is 1. The Bertz CT molecular complexity index is 220. The van der Waals surface area contributed by atoms with E-state index < -0.39 is 0 Å². The van der Waals surface area contributed by atoms with Gasteiger partial charge in [-0.3, -0.25) is 0 Å². The zero-order valence-corrected chi connectivity index (χ0v) is 7.52. The van der Waals surface area contributed by atoms with Crippen LogP contribution in [0, 0.1) is 0 Å². The minimum Gasteiger partial charge on any atom is -0.411 e. The summed E-state index contributed by atoms with van der Waals surface area (Å²) in [4.78, 5) is 0.999. The number of halogens is 1. The van der Waals surface area contributed by atoms with Crippen LogP contribution in [0.3, 0.4) is 0 Å². The minimum absolute atomic E-state index is 0.587. The molecule has 1 rings (SSSR count). The van der Waals surface area contributed by atoms with Gasteiger partial charge in [0.1, 0.15) is 5.71 Å². The highest BCUT2D eigenvalue weighted by molar-refractivity contribution is 9.09. The zero-order chi connectivity index (χ0) is 7.40. The monoisotopic (exact) mass is 219 g/mol. The number of rotatable bonds is 2. The minimum atomic E-state index is 0.587. The molecule has 0 aromatic carbocycles.